The summed E-state index contributed by atoms with van der Waals surface area (Å²) >= 11 is 0. The van der Waals surface area contributed by atoms with Gasteiger partial charge in [-0.2, -0.15) is 5.10 Å². The Bertz CT molecular complexity index is 890. The van der Waals surface area contributed by atoms with E-state index in [0.717, 1.165) is 22.7 Å². The zero-order valence-electron chi connectivity index (χ0n) is 17.2. The number of carbonyl (C=O) groups excluding carboxylic acids is 2. The molecular formula is C22H26N4O4. The van der Waals surface area contributed by atoms with Crippen LogP contribution in [0.25, 0.3) is 0 Å². The predicted octanol–water partition coefficient (Wildman–Crippen LogP) is 1.89. The average Bonchev–Trinajstić information content (AvgIpc) is 2.80. The highest BCUT2D eigenvalue weighted by Gasteiger charge is 2.26. The molecule has 0 aromatic heterocycles. The molecule has 1 aliphatic rings. The zero-order valence-corrected chi connectivity index (χ0v) is 17.2. The van der Waals surface area contributed by atoms with Crippen LogP contribution in [0, 0.1) is 0 Å². The summed E-state index contributed by atoms with van der Waals surface area (Å²) in [4.78, 5) is 28.2. The number of amides is 2. The number of carbonyl (C=O) groups is 2. The van der Waals surface area contributed by atoms with Gasteiger partial charge in [-0.05, 0) is 48.9 Å². The maximum absolute atomic E-state index is 12.4. The number of rotatable bonds is 6. The van der Waals surface area contributed by atoms with Crippen LogP contribution in [0.3, 0.4) is 0 Å². The lowest BCUT2D eigenvalue weighted by Crippen LogP contribution is -2.52. The highest BCUT2D eigenvalue weighted by atomic mass is 16.5. The third-order valence-electron chi connectivity index (χ3n) is 4.76. The largest absolute Gasteiger partial charge is 0.495 e. The molecule has 2 amide bonds. The van der Waals surface area contributed by atoms with Gasteiger partial charge in [-0.1, -0.05) is 12.1 Å². The highest BCUT2D eigenvalue weighted by Crippen LogP contribution is 2.28. The number of nitrogens with one attached hydrogen (secondary N) is 1. The molecule has 0 atom stereocenters. The van der Waals surface area contributed by atoms with Crippen LogP contribution in [-0.4, -0.2) is 62.8 Å². The van der Waals surface area contributed by atoms with Crippen LogP contribution in [0.2, 0.25) is 0 Å². The molecule has 8 heteroatoms. The van der Waals surface area contributed by atoms with Gasteiger partial charge in [0.25, 0.3) is 0 Å². The maximum Gasteiger partial charge on any atom is 0.329 e. The molecule has 30 heavy (non-hydrogen) atoms. The first kappa shape index (κ1) is 21.2. The van der Waals surface area contributed by atoms with Gasteiger partial charge in [0.2, 0.25) is 0 Å². The Morgan fingerprint density at radius 3 is 2.43 bits per heavy atom. The van der Waals surface area contributed by atoms with Crippen molar-refractivity contribution in [3.8, 4) is 11.5 Å². The summed E-state index contributed by atoms with van der Waals surface area (Å²) in [5.41, 5.74) is 4.07. The van der Waals surface area contributed by atoms with E-state index in [2.05, 4.69) is 15.4 Å². The fourth-order valence-corrected chi connectivity index (χ4v) is 3.22. The summed E-state index contributed by atoms with van der Waals surface area (Å²) < 4.78 is 10.8. The van der Waals surface area contributed by atoms with Crippen LogP contribution in [0.1, 0.15) is 12.5 Å². The maximum atomic E-state index is 12.4. The number of hydrogen-bond acceptors (Lipinski definition) is 6. The summed E-state index contributed by atoms with van der Waals surface area (Å²) in [6.07, 6.45) is 1.49. The quantitative estimate of drug-likeness (QED) is 0.447. The van der Waals surface area contributed by atoms with E-state index in [-0.39, 0.29) is 0 Å². The van der Waals surface area contributed by atoms with Crippen molar-refractivity contribution in [2.24, 2.45) is 5.10 Å². The molecule has 0 aliphatic carbocycles. The predicted molar refractivity (Wildman–Crippen MR) is 115 cm³/mol. The van der Waals surface area contributed by atoms with Crippen molar-refractivity contribution in [1.29, 1.82) is 0 Å². The van der Waals surface area contributed by atoms with E-state index in [1.54, 1.807) is 7.11 Å². The van der Waals surface area contributed by atoms with Gasteiger partial charge in [-0.25, -0.2) is 5.43 Å². The normalized spacial score (nSPS) is 13.9. The smallest absolute Gasteiger partial charge is 0.329 e. The number of anilines is 1. The number of hydrazone groups is 1. The Morgan fingerprint density at radius 2 is 1.77 bits per heavy atom. The summed E-state index contributed by atoms with van der Waals surface area (Å²) in [7, 11) is 1.64. The summed E-state index contributed by atoms with van der Waals surface area (Å²) in [6, 6.07) is 15.0. The lowest BCUT2D eigenvalue weighted by molar-refractivity contribution is -0.146. The molecule has 1 fully saturated rings. The lowest BCUT2D eigenvalue weighted by Gasteiger charge is -2.36. The van der Waals surface area contributed by atoms with Crippen molar-refractivity contribution in [3.05, 3.63) is 54.1 Å². The Hall–Kier alpha value is -3.55. The standard InChI is InChI=1S/C22H26N4O4/c1-3-30-18-10-8-17(9-11-18)16-23-24-21(27)22(28)26-14-12-25(13-15-26)19-6-4-5-7-20(19)29-2/h4-11,16H,3,12-15H2,1-2H3,(H,24,27)/b23-16-. The highest BCUT2D eigenvalue weighted by molar-refractivity contribution is 6.35. The molecule has 0 saturated carbocycles. The molecule has 3 rings (SSSR count). The van der Waals surface area contributed by atoms with E-state index < -0.39 is 11.8 Å². The molecule has 0 bridgehead atoms. The minimum absolute atomic E-state index is 0.451. The van der Waals surface area contributed by atoms with Crippen molar-refractivity contribution in [1.82, 2.24) is 10.3 Å². The van der Waals surface area contributed by atoms with E-state index >= 15 is 0 Å². The van der Waals surface area contributed by atoms with Crippen LogP contribution in [0.4, 0.5) is 5.69 Å². The van der Waals surface area contributed by atoms with E-state index in [0.29, 0.717) is 32.8 Å². The van der Waals surface area contributed by atoms with Crippen LogP contribution < -0.4 is 19.8 Å². The fourth-order valence-electron chi connectivity index (χ4n) is 3.22. The molecule has 0 radical (unpaired) electrons. The van der Waals surface area contributed by atoms with Gasteiger partial charge in [-0.15, -0.1) is 0 Å². The molecule has 0 unspecified atom stereocenters. The van der Waals surface area contributed by atoms with Crippen molar-refractivity contribution in [2.75, 3.05) is 44.8 Å². The van der Waals surface area contributed by atoms with Crippen LogP contribution in [0.15, 0.2) is 53.6 Å². The number of piperazine rings is 1. The van der Waals surface area contributed by atoms with Gasteiger partial charge in [0.1, 0.15) is 11.5 Å². The second kappa shape index (κ2) is 10.3. The first-order chi connectivity index (χ1) is 14.6. The van der Waals surface area contributed by atoms with E-state index in [1.807, 2.05) is 55.5 Å². The Labute approximate surface area is 176 Å². The number of para-hydroxylation sites is 2. The van der Waals surface area contributed by atoms with Gasteiger partial charge in [0, 0.05) is 26.2 Å². The number of ether oxygens (including phenoxy) is 2. The molecule has 2 aromatic carbocycles. The van der Waals surface area contributed by atoms with Gasteiger partial charge in [0.15, 0.2) is 0 Å². The van der Waals surface area contributed by atoms with Crippen LogP contribution in [0.5, 0.6) is 11.5 Å². The average molecular weight is 410 g/mol. The van der Waals surface area contributed by atoms with Gasteiger partial charge >= 0.3 is 11.8 Å². The Kier molecular flexibility index (Phi) is 7.26. The van der Waals surface area contributed by atoms with Gasteiger partial charge < -0.3 is 19.3 Å². The van der Waals surface area contributed by atoms with Gasteiger partial charge in [-0.3, -0.25) is 9.59 Å². The summed E-state index contributed by atoms with van der Waals surface area (Å²) in [5.74, 6) is 0.223. The molecule has 1 heterocycles. The molecule has 0 spiro atoms. The van der Waals surface area contributed by atoms with Crippen LogP contribution >= 0.6 is 0 Å². The fraction of sp³-hybridized carbons (Fsp3) is 0.318. The zero-order chi connectivity index (χ0) is 21.3. The topological polar surface area (TPSA) is 83.5 Å². The summed E-state index contributed by atoms with van der Waals surface area (Å²) in [6.45, 7) is 4.66. The van der Waals surface area contributed by atoms with Crippen molar-refractivity contribution >= 4 is 23.7 Å². The second-order valence-corrected chi connectivity index (χ2v) is 6.65. The van der Waals surface area contributed by atoms with Crippen molar-refractivity contribution in [2.45, 2.75) is 6.92 Å². The SMILES string of the molecule is CCOc1ccc(/C=N\NC(=O)C(=O)N2CCN(c3ccccc3OC)CC2)cc1. The Morgan fingerprint density at radius 1 is 1.07 bits per heavy atom. The number of benzene rings is 2. The summed E-state index contributed by atoms with van der Waals surface area (Å²) in [5, 5.41) is 3.88. The minimum Gasteiger partial charge on any atom is -0.495 e. The van der Waals surface area contributed by atoms with Crippen LogP contribution in [-0.2, 0) is 9.59 Å². The lowest BCUT2D eigenvalue weighted by atomic mass is 10.2. The van der Waals surface area contributed by atoms with Gasteiger partial charge in [0.05, 0.1) is 25.6 Å². The third kappa shape index (κ3) is 5.28. The number of methoxy groups -OCH3 is 1. The first-order valence-corrected chi connectivity index (χ1v) is 9.85. The minimum atomic E-state index is -0.747. The van der Waals surface area contributed by atoms with Crippen molar-refractivity contribution in [3.63, 3.8) is 0 Å². The second-order valence-electron chi connectivity index (χ2n) is 6.65. The molecule has 1 saturated heterocycles. The van der Waals surface area contributed by atoms with E-state index in [1.165, 1.54) is 11.1 Å². The van der Waals surface area contributed by atoms with Crippen molar-refractivity contribution < 1.29 is 19.1 Å². The molecule has 8 nitrogen and oxygen atoms in total. The van der Waals surface area contributed by atoms with E-state index in [9.17, 15) is 9.59 Å². The molecule has 2 aromatic rings. The third-order valence-corrected chi connectivity index (χ3v) is 4.76. The molecular weight excluding hydrogens is 384 g/mol. The monoisotopic (exact) mass is 410 g/mol. The molecule has 1 N–H and O–H groups in total. The number of hydrogen-bond donors (Lipinski definition) is 1. The number of nitrogens with zero attached hydrogens (tertiary/aromatic N) is 3. The van der Waals surface area contributed by atoms with E-state index in [4.69, 9.17) is 9.47 Å². The Balaban J connectivity index is 1.49. The first-order valence-electron chi connectivity index (χ1n) is 9.85. The molecule has 1 aliphatic heterocycles. The molecule has 158 valence electrons.